The highest BCUT2D eigenvalue weighted by molar-refractivity contribution is 5.91. The molecule has 0 atom stereocenters. The first-order valence-electron chi connectivity index (χ1n) is 10.2. The van der Waals surface area contributed by atoms with Gasteiger partial charge < -0.3 is 9.64 Å². The number of benzene rings is 2. The van der Waals surface area contributed by atoms with Crippen LogP contribution >= 0.6 is 0 Å². The quantitative estimate of drug-likeness (QED) is 0.574. The fourth-order valence-corrected chi connectivity index (χ4v) is 3.66. The van der Waals surface area contributed by atoms with E-state index in [-0.39, 0.29) is 11.7 Å². The summed E-state index contributed by atoms with van der Waals surface area (Å²) in [6.07, 6.45) is 7.01. The Morgan fingerprint density at radius 2 is 1.90 bits per heavy atom. The van der Waals surface area contributed by atoms with Gasteiger partial charge in [0.1, 0.15) is 11.6 Å². The molecule has 0 unspecified atom stereocenters. The van der Waals surface area contributed by atoms with Gasteiger partial charge in [0.15, 0.2) is 0 Å². The number of hydrogen-bond acceptors (Lipinski definition) is 4. The molecule has 0 aliphatic carbocycles. The van der Waals surface area contributed by atoms with Crippen LogP contribution in [0.2, 0.25) is 0 Å². The minimum Gasteiger partial charge on any atom is -0.496 e. The predicted octanol–water partition coefficient (Wildman–Crippen LogP) is 3.38. The Kier molecular flexibility index (Phi) is 6.43. The van der Waals surface area contributed by atoms with Gasteiger partial charge in [-0.25, -0.2) is 9.07 Å². The Bertz CT molecular complexity index is 1060. The Labute approximate surface area is 181 Å². The lowest BCUT2D eigenvalue weighted by Crippen LogP contribution is -2.47. The Hall–Kier alpha value is -3.45. The summed E-state index contributed by atoms with van der Waals surface area (Å²) >= 11 is 0. The topological polar surface area (TPSA) is 50.6 Å². The van der Waals surface area contributed by atoms with Crippen molar-refractivity contribution in [1.82, 2.24) is 19.6 Å². The fourth-order valence-electron chi connectivity index (χ4n) is 3.66. The maximum absolute atomic E-state index is 13.6. The Morgan fingerprint density at radius 1 is 1.13 bits per heavy atom. The van der Waals surface area contributed by atoms with Crippen LogP contribution in [0, 0.1) is 5.82 Å². The molecule has 0 radical (unpaired) electrons. The molecule has 0 bridgehead atoms. The summed E-state index contributed by atoms with van der Waals surface area (Å²) < 4.78 is 20.7. The molecule has 7 heteroatoms. The highest BCUT2D eigenvalue weighted by atomic mass is 19.1. The number of carbonyl (C=O) groups is 1. The van der Waals surface area contributed by atoms with Crippen molar-refractivity contribution >= 4 is 12.0 Å². The number of amides is 1. The number of methoxy groups -OCH3 is 1. The number of hydrogen-bond donors (Lipinski definition) is 0. The average molecular weight is 420 g/mol. The van der Waals surface area contributed by atoms with Crippen LogP contribution in [0.4, 0.5) is 4.39 Å². The smallest absolute Gasteiger partial charge is 0.246 e. The van der Waals surface area contributed by atoms with Gasteiger partial charge in [0, 0.05) is 56.1 Å². The summed E-state index contributed by atoms with van der Waals surface area (Å²) in [5.41, 5.74) is 2.66. The van der Waals surface area contributed by atoms with E-state index in [1.807, 2.05) is 41.4 Å². The van der Waals surface area contributed by atoms with Gasteiger partial charge in [-0.3, -0.25) is 9.69 Å². The summed E-state index contributed by atoms with van der Waals surface area (Å²) in [5, 5.41) is 4.34. The largest absolute Gasteiger partial charge is 0.496 e. The monoisotopic (exact) mass is 420 g/mol. The molecule has 6 nitrogen and oxygen atoms in total. The van der Waals surface area contributed by atoms with E-state index in [9.17, 15) is 9.18 Å². The third kappa shape index (κ3) is 5.19. The number of halogens is 1. The number of nitrogens with zero attached hydrogens (tertiary/aromatic N) is 4. The van der Waals surface area contributed by atoms with Crippen molar-refractivity contribution in [2.75, 3.05) is 33.3 Å². The van der Waals surface area contributed by atoms with Crippen molar-refractivity contribution in [1.29, 1.82) is 0 Å². The van der Waals surface area contributed by atoms with E-state index in [4.69, 9.17) is 4.74 Å². The maximum Gasteiger partial charge on any atom is 0.246 e. The van der Waals surface area contributed by atoms with Crippen LogP contribution in [0.3, 0.4) is 0 Å². The lowest BCUT2D eigenvalue weighted by Gasteiger charge is -2.34. The molecule has 1 aromatic heterocycles. The molecule has 1 fully saturated rings. The summed E-state index contributed by atoms with van der Waals surface area (Å²) in [7, 11) is 1.59. The Balaban J connectivity index is 1.31. The second-order valence-corrected chi connectivity index (χ2v) is 7.44. The number of para-hydroxylation sites is 1. The van der Waals surface area contributed by atoms with Gasteiger partial charge in [-0.2, -0.15) is 5.10 Å². The first-order chi connectivity index (χ1) is 15.1. The van der Waals surface area contributed by atoms with Crippen LogP contribution in [0.25, 0.3) is 11.8 Å². The number of ether oxygens (including phenoxy) is 1. The van der Waals surface area contributed by atoms with Crippen LogP contribution in [0.15, 0.2) is 67.0 Å². The normalized spacial score (nSPS) is 14.8. The van der Waals surface area contributed by atoms with E-state index in [2.05, 4.69) is 10.00 Å². The lowest BCUT2D eigenvalue weighted by atomic mass is 10.1. The van der Waals surface area contributed by atoms with Crippen molar-refractivity contribution in [3.63, 3.8) is 0 Å². The zero-order chi connectivity index (χ0) is 21.6. The van der Waals surface area contributed by atoms with Crippen LogP contribution in [0.1, 0.15) is 11.1 Å². The fraction of sp³-hybridized carbons (Fsp3) is 0.250. The molecule has 4 rings (SSSR count). The molecule has 1 aliphatic heterocycles. The molecule has 1 aliphatic rings. The van der Waals surface area contributed by atoms with Crippen LogP contribution in [0.5, 0.6) is 5.75 Å². The molecule has 160 valence electrons. The van der Waals surface area contributed by atoms with E-state index in [0.717, 1.165) is 29.9 Å². The summed E-state index contributed by atoms with van der Waals surface area (Å²) in [6.45, 7) is 3.31. The number of carbonyl (C=O) groups excluding carboxylic acids is 1. The van der Waals surface area contributed by atoms with Gasteiger partial charge in [-0.1, -0.05) is 18.2 Å². The Morgan fingerprint density at radius 3 is 2.65 bits per heavy atom. The van der Waals surface area contributed by atoms with E-state index in [0.29, 0.717) is 25.4 Å². The predicted molar refractivity (Wildman–Crippen MR) is 117 cm³/mol. The molecule has 3 aromatic rings. The van der Waals surface area contributed by atoms with Gasteiger partial charge in [0.25, 0.3) is 0 Å². The zero-order valence-electron chi connectivity index (χ0n) is 17.4. The summed E-state index contributed by atoms with van der Waals surface area (Å²) in [4.78, 5) is 16.6. The molecule has 31 heavy (non-hydrogen) atoms. The second-order valence-electron chi connectivity index (χ2n) is 7.44. The molecule has 2 aromatic carbocycles. The van der Waals surface area contributed by atoms with Crippen molar-refractivity contribution in [3.8, 4) is 11.4 Å². The van der Waals surface area contributed by atoms with Crippen LogP contribution < -0.4 is 4.74 Å². The highest BCUT2D eigenvalue weighted by Gasteiger charge is 2.20. The first kappa shape index (κ1) is 20.8. The first-order valence-corrected chi connectivity index (χ1v) is 10.2. The molecule has 1 amide bonds. The van der Waals surface area contributed by atoms with E-state index >= 15 is 0 Å². The van der Waals surface area contributed by atoms with Gasteiger partial charge in [0.2, 0.25) is 5.91 Å². The van der Waals surface area contributed by atoms with Crippen molar-refractivity contribution in [2.45, 2.75) is 6.54 Å². The van der Waals surface area contributed by atoms with E-state index in [1.165, 1.54) is 12.1 Å². The standard InChI is InChI=1S/C24H25FN4O2/c1-31-23-9-8-21(25)15-20(23)18-27-11-13-28(14-12-27)24(30)10-7-19-16-26-29(17-19)22-5-3-2-4-6-22/h2-10,15-17H,11-14,18H2,1H3/b10-7+. The lowest BCUT2D eigenvalue weighted by molar-refractivity contribution is -0.127. The number of piperazine rings is 1. The summed E-state index contributed by atoms with van der Waals surface area (Å²) in [5.74, 6) is 0.389. The van der Waals surface area contributed by atoms with Crippen molar-refractivity contribution in [2.24, 2.45) is 0 Å². The second kappa shape index (κ2) is 9.57. The van der Waals surface area contributed by atoms with Gasteiger partial charge in [-0.15, -0.1) is 0 Å². The third-order valence-electron chi connectivity index (χ3n) is 5.36. The van der Waals surface area contributed by atoms with Gasteiger partial charge >= 0.3 is 0 Å². The highest BCUT2D eigenvalue weighted by Crippen LogP contribution is 2.21. The molecular formula is C24H25FN4O2. The minimum atomic E-state index is -0.273. The van der Waals surface area contributed by atoms with Crippen LogP contribution in [-0.4, -0.2) is 58.8 Å². The maximum atomic E-state index is 13.6. The van der Waals surface area contributed by atoms with Gasteiger partial charge in [-0.05, 0) is 36.4 Å². The molecule has 2 heterocycles. The summed E-state index contributed by atoms with van der Waals surface area (Å²) in [6, 6.07) is 14.4. The van der Waals surface area contributed by atoms with Crippen molar-refractivity contribution in [3.05, 3.63) is 83.9 Å². The number of aromatic nitrogens is 2. The SMILES string of the molecule is COc1ccc(F)cc1CN1CCN(C(=O)/C=C/c2cnn(-c3ccccc3)c2)CC1. The number of rotatable bonds is 6. The molecular weight excluding hydrogens is 395 g/mol. The molecule has 1 saturated heterocycles. The minimum absolute atomic E-state index is 0.0181. The van der Waals surface area contributed by atoms with Crippen molar-refractivity contribution < 1.29 is 13.9 Å². The molecule has 0 spiro atoms. The van der Waals surface area contributed by atoms with Crippen LogP contribution in [-0.2, 0) is 11.3 Å². The van der Waals surface area contributed by atoms with E-state index in [1.54, 1.807) is 36.2 Å². The molecule has 0 N–H and O–H groups in total. The average Bonchev–Trinajstić information content (AvgIpc) is 3.28. The third-order valence-corrected chi connectivity index (χ3v) is 5.36. The van der Waals surface area contributed by atoms with Gasteiger partial charge in [0.05, 0.1) is 19.0 Å². The molecule has 0 saturated carbocycles. The zero-order valence-corrected chi connectivity index (χ0v) is 17.4. The van der Waals surface area contributed by atoms with E-state index < -0.39 is 0 Å².